The molecule has 29 heavy (non-hydrogen) atoms. The zero-order valence-corrected chi connectivity index (χ0v) is 17.3. The van der Waals surface area contributed by atoms with Gasteiger partial charge in [0.2, 0.25) is 0 Å². The molecule has 2 aromatic rings. The van der Waals surface area contributed by atoms with Gasteiger partial charge in [0.1, 0.15) is 12.2 Å². The first-order valence-electron chi connectivity index (χ1n) is 9.33. The van der Waals surface area contributed by atoms with Crippen molar-refractivity contribution in [1.29, 1.82) is 0 Å². The van der Waals surface area contributed by atoms with Crippen LogP contribution in [0.5, 0.6) is 11.5 Å². The molecule has 1 fully saturated rings. The summed E-state index contributed by atoms with van der Waals surface area (Å²) in [5, 5.41) is 13.4. The molecule has 1 aliphatic heterocycles. The fraction of sp³-hybridized carbons (Fsp3) is 0.474. The number of nitro groups is 1. The molecule has 1 aromatic heterocycles. The number of methoxy groups -OCH3 is 1. The molecule has 1 saturated heterocycles. The van der Waals surface area contributed by atoms with Crippen molar-refractivity contribution in [3.8, 4) is 11.5 Å². The van der Waals surface area contributed by atoms with Crippen LogP contribution in [0.2, 0.25) is 0 Å². The number of likely N-dealkylation sites (N-methyl/N-ethyl adjacent to an activating group) is 1. The summed E-state index contributed by atoms with van der Waals surface area (Å²) in [7, 11) is 3.09. The number of carbonyl (C=O) groups is 1. The van der Waals surface area contributed by atoms with E-state index in [9.17, 15) is 14.9 Å². The van der Waals surface area contributed by atoms with E-state index in [1.54, 1.807) is 12.6 Å². The number of thiazole rings is 1. The van der Waals surface area contributed by atoms with Crippen molar-refractivity contribution < 1.29 is 19.2 Å². The predicted molar refractivity (Wildman–Crippen MR) is 109 cm³/mol. The molecule has 0 unspecified atom stereocenters. The van der Waals surface area contributed by atoms with Crippen LogP contribution in [0.4, 0.5) is 5.69 Å². The second-order valence-electron chi connectivity index (χ2n) is 6.82. The van der Waals surface area contributed by atoms with Gasteiger partial charge >= 0.3 is 0 Å². The molecule has 0 radical (unpaired) electrons. The molecule has 3 rings (SSSR count). The van der Waals surface area contributed by atoms with Crippen LogP contribution in [0.1, 0.15) is 28.9 Å². The summed E-state index contributed by atoms with van der Waals surface area (Å²) in [6.45, 7) is 3.46. The fourth-order valence-corrected chi connectivity index (χ4v) is 3.75. The number of hydrogen-bond donors (Lipinski definition) is 0. The first kappa shape index (κ1) is 21.0. The first-order valence-corrected chi connectivity index (χ1v) is 10.3. The standard InChI is InChI=1S/C19H24N4O5S/c1-21(7-8-22-5-3-4-6-22)19(24)15-9-17(27-2)18(10-16(15)23(25)26)28-11-14-12-29-13-20-14/h9-10,12-13H,3-8,11H2,1-2H3. The summed E-state index contributed by atoms with van der Waals surface area (Å²) in [6, 6.07) is 2.62. The molecule has 1 aromatic carbocycles. The van der Waals surface area contributed by atoms with E-state index in [0.29, 0.717) is 12.2 Å². The minimum atomic E-state index is -0.573. The number of likely N-dealkylation sites (tertiary alicyclic amines) is 1. The van der Waals surface area contributed by atoms with Crippen LogP contribution in [0.25, 0.3) is 0 Å². The van der Waals surface area contributed by atoms with Gasteiger partial charge in [-0.25, -0.2) is 4.98 Å². The van der Waals surface area contributed by atoms with E-state index in [-0.39, 0.29) is 29.4 Å². The monoisotopic (exact) mass is 420 g/mol. The third-order valence-corrected chi connectivity index (χ3v) is 5.50. The second kappa shape index (κ2) is 9.66. The van der Waals surface area contributed by atoms with Crippen molar-refractivity contribution in [3.05, 3.63) is 44.4 Å². The van der Waals surface area contributed by atoms with Gasteiger partial charge in [0.05, 0.1) is 29.3 Å². The Kier molecular flexibility index (Phi) is 6.99. The number of aromatic nitrogens is 1. The van der Waals surface area contributed by atoms with Gasteiger partial charge in [0, 0.05) is 31.6 Å². The zero-order valence-electron chi connectivity index (χ0n) is 16.5. The molecular weight excluding hydrogens is 396 g/mol. The van der Waals surface area contributed by atoms with Crippen molar-refractivity contribution in [2.75, 3.05) is 40.3 Å². The highest BCUT2D eigenvalue weighted by atomic mass is 32.1. The Morgan fingerprint density at radius 3 is 2.72 bits per heavy atom. The van der Waals surface area contributed by atoms with E-state index in [4.69, 9.17) is 9.47 Å². The average molecular weight is 420 g/mol. The van der Waals surface area contributed by atoms with Crippen molar-refractivity contribution in [2.24, 2.45) is 0 Å². The molecule has 1 aliphatic rings. The van der Waals surface area contributed by atoms with Gasteiger partial charge in [-0.05, 0) is 25.9 Å². The number of nitrogens with zero attached hydrogens (tertiary/aromatic N) is 4. The second-order valence-corrected chi connectivity index (χ2v) is 7.54. The normalized spacial score (nSPS) is 14.0. The number of nitro benzene ring substituents is 1. The number of carbonyl (C=O) groups excluding carboxylic acids is 1. The highest BCUT2D eigenvalue weighted by Crippen LogP contribution is 2.35. The van der Waals surface area contributed by atoms with E-state index in [1.165, 1.54) is 48.3 Å². The number of ether oxygens (including phenoxy) is 2. The molecule has 2 heterocycles. The highest BCUT2D eigenvalue weighted by molar-refractivity contribution is 7.07. The molecule has 10 heteroatoms. The van der Waals surface area contributed by atoms with Crippen LogP contribution in [-0.4, -0.2) is 66.0 Å². The lowest BCUT2D eigenvalue weighted by atomic mass is 10.1. The first-order chi connectivity index (χ1) is 14.0. The van der Waals surface area contributed by atoms with Crippen LogP contribution in [0, 0.1) is 10.1 Å². The lowest BCUT2D eigenvalue weighted by Gasteiger charge is -2.22. The van der Waals surface area contributed by atoms with Crippen molar-refractivity contribution in [3.63, 3.8) is 0 Å². The van der Waals surface area contributed by atoms with E-state index >= 15 is 0 Å². The summed E-state index contributed by atoms with van der Waals surface area (Å²) >= 11 is 1.43. The zero-order chi connectivity index (χ0) is 20.8. The van der Waals surface area contributed by atoms with Crippen LogP contribution in [0.15, 0.2) is 23.0 Å². The van der Waals surface area contributed by atoms with Crippen molar-refractivity contribution >= 4 is 22.9 Å². The Morgan fingerprint density at radius 1 is 1.34 bits per heavy atom. The molecule has 0 atom stereocenters. The topological polar surface area (TPSA) is 98.0 Å². The maximum absolute atomic E-state index is 12.9. The largest absolute Gasteiger partial charge is 0.493 e. The lowest BCUT2D eigenvalue weighted by molar-refractivity contribution is -0.385. The lowest BCUT2D eigenvalue weighted by Crippen LogP contribution is -2.35. The Labute approximate surface area is 173 Å². The summed E-state index contributed by atoms with van der Waals surface area (Å²) in [6.07, 6.45) is 2.34. The van der Waals surface area contributed by atoms with Crippen LogP contribution in [-0.2, 0) is 6.61 Å². The van der Waals surface area contributed by atoms with E-state index in [2.05, 4.69) is 9.88 Å². The minimum Gasteiger partial charge on any atom is -0.493 e. The molecule has 0 N–H and O–H groups in total. The van der Waals surface area contributed by atoms with Gasteiger partial charge in [0.25, 0.3) is 11.6 Å². The Balaban J connectivity index is 1.78. The molecule has 0 bridgehead atoms. The molecule has 0 spiro atoms. The van der Waals surface area contributed by atoms with Gasteiger partial charge < -0.3 is 19.3 Å². The SMILES string of the molecule is COc1cc(C(=O)N(C)CCN2CCCC2)c([N+](=O)[O-])cc1OCc1cscn1. The van der Waals surface area contributed by atoms with E-state index in [1.807, 2.05) is 5.38 Å². The van der Waals surface area contributed by atoms with Crippen LogP contribution < -0.4 is 9.47 Å². The summed E-state index contributed by atoms with van der Waals surface area (Å²) in [5.74, 6) is 0.0471. The third kappa shape index (κ3) is 5.21. The predicted octanol–water partition coefficient (Wildman–Crippen LogP) is 2.81. The molecule has 0 saturated carbocycles. The molecule has 9 nitrogen and oxygen atoms in total. The highest BCUT2D eigenvalue weighted by Gasteiger charge is 2.27. The Hall–Kier alpha value is -2.72. The Bertz CT molecular complexity index is 853. The number of amides is 1. The minimum absolute atomic E-state index is 0.0169. The third-order valence-electron chi connectivity index (χ3n) is 4.87. The Morgan fingerprint density at radius 2 is 2.10 bits per heavy atom. The number of rotatable bonds is 9. The van der Waals surface area contributed by atoms with E-state index < -0.39 is 10.8 Å². The molecule has 1 amide bonds. The maximum atomic E-state index is 12.9. The van der Waals surface area contributed by atoms with E-state index in [0.717, 1.165) is 19.6 Å². The average Bonchev–Trinajstić information content (AvgIpc) is 3.43. The van der Waals surface area contributed by atoms with Crippen molar-refractivity contribution in [1.82, 2.24) is 14.8 Å². The van der Waals surface area contributed by atoms with Gasteiger partial charge in [-0.3, -0.25) is 14.9 Å². The number of hydrogen-bond acceptors (Lipinski definition) is 8. The fourth-order valence-electron chi connectivity index (χ4n) is 3.21. The van der Waals surface area contributed by atoms with Gasteiger partial charge in [-0.2, -0.15) is 0 Å². The smallest absolute Gasteiger partial charge is 0.286 e. The molecule has 156 valence electrons. The van der Waals surface area contributed by atoms with Crippen molar-refractivity contribution in [2.45, 2.75) is 19.4 Å². The summed E-state index contributed by atoms with van der Waals surface area (Å²) in [5.41, 5.74) is 2.06. The van der Waals surface area contributed by atoms with Gasteiger partial charge in [-0.1, -0.05) is 0 Å². The van der Waals surface area contributed by atoms with Crippen LogP contribution in [0.3, 0.4) is 0 Å². The number of benzene rings is 1. The summed E-state index contributed by atoms with van der Waals surface area (Å²) < 4.78 is 11.0. The molecular formula is C19H24N4O5S. The quantitative estimate of drug-likeness (QED) is 0.454. The molecule has 0 aliphatic carbocycles. The van der Waals surface area contributed by atoms with Gasteiger partial charge in [0.15, 0.2) is 11.5 Å². The summed E-state index contributed by atoms with van der Waals surface area (Å²) in [4.78, 5) is 31.9. The maximum Gasteiger partial charge on any atom is 0.286 e. The van der Waals surface area contributed by atoms with Crippen LogP contribution >= 0.6 is 11.3 Å². The van der Waals surface area contributed by atoms with Gasteiger partial charge in [-0.15, -0.1) is 11.3 Å².